The van der Waals surface area contributed by atoms with Crippen molar-refractivity contribution in [2.45, 2.75) is 180 Å². The molecule has 7 N–H and O–H groups in total. The zero-order valence-electron chi connectivity index (χ0n) is 36.2. The molecule has 0 spiro atoms. The fourth-order valence-electron chi connectivity index (χ4n) is 13.8. The summed E-state index contributed by atoms with van der Waals surface area (Å²) in [6, 6.07) is 0. The number of hydrogen-bond donors (Lipinski definition) is 7. The molecule has 2 heterocycles. The average Bonchev–Trinajstić information content (AvgIpc) is 3.16. The quantitative estimate of drug-likeness (QED) is 0.104. The molecule has 0 radical (unpaired) electrons. The van der Waals surface area contributed by atoms with Crippen LogP contribution in [0.25, 0.3) is 0 Å². The van der Waals surface area contributed by atoms with E-state index in [4.69, 9.17) is 23.7 Å². The van der Waals surface area contributed by atoms with Crippen LogP contribution < -0.4 is 0 Å². The Hall–Kier alpha value is -2.87. The van der Waals surface area contributed by atoms with Crippen LogP contribution in [-0.2, 0) is 47.7 Å². The lowest BCUT2D eigenvalue weighted by molar-refractivity contribution is -0.371. The lowest BCUT2D eigenvalue weighted by Gasteiger charge is -2.71. The molecule has 0 aromatic rings. The van der Waals surface area contributed by atoms with Crippen LogP contribution in [0.3, 0.4) is 0 Å². The highest BCUT2D eigenvalue weighted by atomic mass is 16.8. The summed E-state index contributed by atoms with van der Waals surface area (Å²) in [5, 5.41) is 72.9. The summed E-state index contributed by atoms with van der Waals surface area (Å²) in [7, 11) is 0. The number of carboxylic acids is 2. The maximum atomic E-state index is 15.0. The summed E-state index contributed by atoms with van der Waals surface area (Å²) in [6.45, 7) is 16.1. The SMILES string of the molecule is CC(=O)O[C@@H]1C[C@](C)(C=O)C[C@H]2C3=CC(=O)[C@@H]4[C@@]5(C)CC[C@H](O[C@@H]6O[C@H](C(=O)O)[C@@H](O)[C@H](O)[C@H]6O[C@@H]6O[C@H](C(=O)O)[C@@H](O)[C@H](O)[C@H]6O)C(C)(C)[C@@H]5CC[C@@]4(C)[C@]3(C)CC[C@@]12C. The first-order chi connectivity index (χ1) is 28.2. The third-order valence-electron chi connectivity index (χ3n) is 17.4. The molecule has 2 saturated heterocycles. The Balaban J connectivity index is 1.18. The molecule has 5 aliphatic carbocycles. The molecule has 0 unspecified atom stereocenters. The maximum Gasteiger partial charge on any atom is 0.335 e. The van der Waals surface area contributed by atoms with Gasteiger partial charge in [-0.05, 0) is 90.9 Å². The van der Waals surface area contributed by atoms with E-state index < -0.39 is 130 Å². The monoisotopic (exact) mass is 864 g/mol. The van der Waals surface area contributed by atoms with E-state index in [2.05, 4.69) is 27.7 Å². The lowest BCUT2D eigenvalue weighted by Crippen LogP contribution is -2.68. The van der Waals surface area contributed by atoms with E-state index in [0.717, 1.165) is 24.7 Å². The number of allylic oxidation sites excluding steroid dienone is 2. The minimum atomic E-state index is -2.06. The summed E-state index contributed by atoms with van der Waals surface area (Å²) >= 11 is 0. The van der Waals surface area contributed by atoms with Gasteiger partial charge in [0.25, 0.3) is 0 Å². The molecule has 61 heavy (non-hydrogen) atoms. The fraction of sp³-hybridized carbons (Fsp3) is 0.841. The van der Waals surface area contributed by atoms with Gasteiger partial charge in [-0.1, -0.05) is 54.0 Å². The molecule has 0 aromatic heterocycles. The van der Waals surface area contributed by atoms with Gasteiger partial charge in [-0.15, -0.1) is 0 Å². The number of aliphatic hydroxyl groups excluding tert-OH is 5. The highest BCUT2D eigenvalue weighted by Crippen LogP contribution is 2.75. The van der Waals surface area contributed by atoms with Crippen molar-refractivity contribution < 1.29 is 83.4 Å². The van der Waals surface area contributed by atoms with Crippen LogP contribution in [0.4, 0.5) is 0 Å². The van der Waals surface area contributed by atoms with Crippen molar-refractivity contribution in [3.63, 3.8) is 0 Å². The number of carboxylic acid groups (broad SMARTS) is 2. The van der Waals surface area contributed by atoms with Crippen LogP contribution >= 0.6 is 0 Å². The van der Waals surface area contributed by atoms with E-state index in [1.807, 2.05) is 26.8 Å². The molecule has 17 nitrogen and oxygen atoms in total. The van der Waals surface area contributed by atoms with E-state index in [0.29, 0.717) is 38.5 Å². The summed E-state index contributed by atoms with van der Waals surface area (Å²) in [4.78, 5) is 64.0. The third kappa shape index (κ3) is 6.94. The first-order valence-electron chi connectivity index (χ1n) is 21.6. The van der Waals surface area contributed by atoms with Gasteiger partial charge in [-0.25, -0.2) is 9.59 Å². The second-order valence-electron chi connectivity index (χ2n) is 21.2. The Bertz CT molecular complexity index is 1830. The van der Waals surface area contributed by atoms with E-state index in [1.165, 1.54) is 6.92 Å². The van der Waals surface area contributed by atoms with E-state index in [9.17, 15) is 59.7 Å². The number of rotatable bonds is 8. The van der Waals surface area contributed by atoms with Gasteiger partial charge in [0.05, 0.1) is 6.10 Å². The zero-order chi connectivity index (χ0) is 45.2. The molecule has 17 heteroatoms. The number of aliphatic hydroxyl groups is 5. The van der Waals surface area contributed by atoms with Crippen molar-refractivity contribution >= 4 is 30.0 Å². The Morgan fingerprint density at radius 3 is 1.92 bits per heavy atom. The molecule has 2 aliphatic heterocycles. The Morgan fingerprint density at radius 2 is 1.33 bits per heavy atom. The third-order valence-corrected chi connectivity index (χ3v) is 17.4. The maximum absolute atomic E-state index is 15.0. The number of esters is 1. The predicted molar refractivity (Wildman–Crippen MR) is 209 cm³/mol. The highest BCUT2D eigenvalue weighted by molar-refractivity contribution is 5.95. The lowest BCUT2D eigenvalue weighted by atomic mass is 9.33. The Morgan fingerprint density at radius 1 is 0.721 bits per heavy atom. The summed E-state index contributed by atoms with van der Waals surface area (Å²) in [5.74, 6) is -4.35. The molecule has 6 fully saturated rings. The van der Waals surface area contributed by atoms with E-state index in [-0.39, 0.29) is 17.6 Å². The van der Waals surface area contributed by atoms with Gasteiger partial charge in [-0.3, -0.25) is 9.59 Å². The first-order valence-corrected chi connectivity index (χ1v) is 21.6. The van der Waals surface area contributed by atoms with Crippen LogP contribution in [0.15, 0.2) is 11.6 Å². The van der Waals surface area contributed by atoms with Crippen molar-refractivity contribution in [1.82, 2.24) is 0 Å². The van der Waals surface area contributed by atoms with Crippen molar-refractivity contribution in [2.24, 2.45) is 50.2 Å². The molecular formula is C44H64O17. The van der Waals surface area contributed by atoms with E-state index in [1.54, 1.807) is 0 Å². The molecule has 342 valence electrons. The Kier molecular flexibility index (Phi) is 11.6. The summed E-state index contributed by atoms with van der Waals surface area (Å²) in [5.41, 5.74) is -2.34. The molecule has 0 amide bonds. The first kappa shape index (κ1) is 46.1. The van der Waals surface area contributed by atoms with Crippen molar-refractivity contribution in [3.8, 4) is 0 Å². The number of carbonyl (C=O) groups is 5. The zero-order valence-corrected chi connectivity index (χ0v) is 36.2. The van der Waals surface area contributed by atoms with Gasteiger partial charge in [-0.2, -0.15) is 0 Å². The number of carbonyl (C=O) groups excluding carboxylic acids is 3. The van der Waals surface area contributed by atoms with Crippen molar-refractivity contribution in [1.29, 1.82) is 0 Å². The average molecular weight is 865 g/mol. The summed E-state index contributed by atoms with van der Waals surface area (Å²) in [6.07, 6.45) is -13.3. The normalized spacial score (nSPS) is 51.7. The van der Waals surface area contributed by atoms with Gasteiger partial charge in [0.1, 0.15) is 49.0 Å². The number of ether oxygens (including phenoxy) is 5. The minimum absolute atomic E-state index is 0.0208. The molecule has 7 rings (SSSR count). The molecular weight excluding hydrogens is 800 g/mol. The van der Waals surface area contributed by atoms with Gasteiger partial charge in [0, 0.05) is 23.7 Å². The summed E-state index contributed by atoms with van der Waals surface area (Å²) < 4.78 is 29.4. The van der Waals surface area contributed by atoms with Crippen molar-refractivity contribution in [2.75, 3.05) is 0 Å². The van der Waals surface area contributed by atoms with Crippen molar-refractivity contribution in [3.05, 3.63) is 11.6 Å². The van der Waals surface area contributed by atoms with Crippen LogP contribution in [0.1, 0.15) is 107 Å². The number of hydrogen-bond acceptors (Lipinski definition) is 15. The predicted octanol–water partition coefficient (Wildman–Crippen LogP) is 1.90. The number of aldehydes is 1. The minimum Gasteiger partial charge on any atom is -0.479 e. The Labute approximate surface area is 355 Å². The number of aliphatic carboxylic acids is 2. The second kappa shape index (κ2) is 15.4. The van der Waals surface area contributed by atoms with E-state index >= 15 is 0 Å². The molecule has 20 atom stereocenters. The van der Waals surface area contributed by atoms with Crippen LogP contribution in [0.2, 0.25) is 0 Å². The fourth-order valence-corrected chi connectivity index (χ4v) is 13.8. The topological polar surface area (TPSA) is 273 Å². The van der Waals surface area contributed by atoms with Crippen LogP contribution in [0, 0.1) is 50.2 Å². The number of ketones is 1. The van der Waals surface area contributed by atoms with Gasteiger partial charge < -0.3 is 64.2 Å². The molecule has 0 bridgehead atoms. The number of fused-ring (bicyclic) bond motifs is 7. The van der Waals surface area contributed by atoms with Crippen LogP contribution in [-0.4, -0.2) is 139 Å². The molecule has 4 saturated carbocycles. The standard InChI is InChI=1S/C44H64O17/c1-19(46)57-25-17-40(4,18-45)16-21-20-15-22(47)34-42(6)11-10-24(39(2,3)23(42)9-12-44(34,8)43(20,7)14-13-41(21,25)5)58-38-33(29(51)28(50)32(60-38)36(55)56)61-37-30(52)26(48)27(49)31(59-37)35(53)54/h15,18,21,23-34,37-38,48-52H,9-14,16-17H2,1-8H3,(H,53,54)(H,55,56)/t21-,23-,24-,25+,26-,27-,28-,29-,30+,31-,32-,33+,34+,37-,38+,40+,41+,42-,43+,44+/m0/s1. The van der Waals surface area contributed by atoms with Gasteiger partial charge >= 0.3 is 17.9 Å². The smallest absolute Gasteiger partial charge is 0.335 e. The second-order valence-corrected chi connectivity index (χ2v) is 21.2. The largest absolute Gasteiger partial charge is 0.479 e. The van der Waals surface area contributed by atoms with Crippen LogP contribution in [0.5, 0.6) is 0 Å². The van der Waals surface area contributed by atoms with Gasteiger partial charge in [0.15, 0.2) is 30.6 Å². The molecule has 0 aromatic carbocycles. The van der Waals surface area contributed by atoms with Gasteiger partial charge in [0.2, 0.25) is 0 Å². The molecule has 7 aliphatic rings. The highest BCUT2D eigenvalue weighted by Gasteiger charge is 2.71.